The van der Waals surface area contributed by atoms with Gasteiger partial charge in [0.2, 0.25) is 0 Å². The molecular formula is C17H36N2O2. The fraction of sp³-hybridized carbons (Fsp3) is 0.941. The first-order valence-corrected chi connectivity index (χ1v) is 8.66. The third-order valence-electron chi connectivity index (χ3n) is 4.36. The van der Waals surface area contributed by atoms with E-state index in [-0.39, 0.29) is 0 Å². The molecule has 4 heteroatoms. The van der Waals surface area contributed by atoms with E-state index >= 15 is 0 Å². The lowest BCUT2D eigenvalue weighted by Gasteiger charge is -2.31. The zero-order valence-corrected chi connectivity index (χ0v) is 14.7. The molecule has 0 rings (SSSR count). The summed E-state index contributed by atoms with van der Waals surface area (Å²) < 4.78 is 0. The Morgan fingerprint density at radius 2 is 1.76 bits per heavy atom. The predicted octanol–water partition coefficient (Wildman–Crippen LogP) is 3.51. The second-order valence-electron chi connectivity index (χ2n) is 6.21. The van der Waals surface area contributed by atoms with Crippen molar-refractivity contribution in [2.75, 3.05) is 19.6 Å². The van der Waals surface area contributed by atoms with Crippen molar-refractivity contribution in [1.82, 2.24) is 10.2 Å². The smallest absolute Gasteiger partial charge is 0.323 e. The van der Waals surface area contributed by atoms with Crippen LogP contribution in [0.25, 0.3) is 0 Å². The molecule has 0 bridgehead atoms. The van der Waals surface area contributed by atoms with E-state index in [9.17, 15) is 9.90 Å². The Balaban J connectivity index is 4.40. The van der Waals surface area contributed by atoms with Crippen molar-refractivity contribution in [3.05, 3.63) is 0 Å². The topological polar surface area (TPSA) is 52.6 Å². The van der Waals surface area contributed by atoms with Crippen LogP contribution in [0.1, 0.15) is 73.1 Å². The lowest BCUT2D eigenvalue weighted by atomic mass is 9.90. The molecule has 0 aliphatic rings. The quantitative estimate of drug-likeness (QED) is 0.511. The van der Waals surface area contributed by atoms with Gasteiger partial charge in [-0.25, -0.2) is 0 Å². The molecule has 0 aliphatic heterocycles. The van der Waals surface area contributed by atoms with Crippen LogP contribution in [0.5, 0.6) is 0 Å². The number of rotatable bonds is 13. The molecule has 0 spiro atoms. The van der Waals surface area contributed by atoms with E-state index in [4.69, 9.17) is 0 Å². The van der Waals surface area contributed by atoms with E-state index in [0.717, 1.165) is 19.5 Å². The molecule has 1 unspecified atom stereocenters. The minimum Gasteiger partial charge on any atom is -0.480 e. The van der Waals surface area contributed by atoms with Crippen molar-refractivity contribution >= 4 is 5.97 Å². The number of aliphatic carboxylic acids is 1. The second-order valence-corrected chi connectivity index (χ2v) is 6.21. The summed E-state index contributed by atoms with van der Waals surface area (Å²) in [6.45, 7) is 13.4. The molecule has 0 aromatic carbocycles. The minimum absolute atomic E-state index is 0.529. The average molecular weight is 300 g/mol. The van der Waals surface area contributed by atoms with Crippen molar-refractivity contribution < 1.29 is 9.90 Å². The normalized spacial score (nSPS) is 14.6. The van der Waals surface area contributed by atoms with Gasteiger partial charge in [0.1, 0.15) is 5.54 Å². The van der Waals surface area contributed by atoms with Gasteiger partial charge in [0.25, 0.3) is 0 Å². The standard InChI is InChI=1S/C17H36N2O2/c1-6-9-10-13-19(15(4)5)14-11-12-17(7-2,16(20)21)18-8-3/h15,18H,6-14H2,1-5H3,(H,20,21). The largest absolute Gasteiger partial charge is 0.480 e. The lowest BCUT2D eigenvalue weighted by Crippen LogP contribution is -2.52. The Morgan fingerprint density at radius 3 is 2.19 bits per heavy atom. The van der Waals surface area contributed by atoms with E-state index in [2.05, 4.69) is 31.0 Å². The maximum atomic E-state index is 11.6. The van der Waals surface area contributed by atoms with Gasteiger partial charge in [0, 0.05) is 6.04 Å². The number of likely N-dealkylation sites (N-methyl/N-ethyl adjacent to an activating group) is 1. The van der Waals surface area contributed by atoms with Crippen LogP contribution >= 0.6 is 0 Å². The van der Waals surface area contributed by atoms with Gasteiger partial charge in [0.15, 0.2) is 0 Å². The average Bonchev–Trinajstić information content (AvgIpc) is 2.44. The summed E-state index contributed by atoms with van der Waals surface area (Å²) >= 11 is 0. The van der Waals surface area contributed by atoms with Crippen LogP contribution in [0.2, 0.25) is 0 Å². The van der Waals surface area contributed by atoms with Gasteiger partial charge < -0.3 is 15.3 Å². The first kappa shape index (κ1) is 20.4. The summed E-state index contributed by atoms with van der Waals surface area (Å²) in [5.74, 6) is -0.714. The maximum absolute atomic E-state index is 11.6. The lowest BCUT2D eigenvalue weighted by molar-refractivity contribution is -0.145. The van der Waals surface area contributed by atoms with Gasteiger partial charge >= 0.3 is 5.97 Å². The summed E-state index contributed by atoms with van der Waals surface area (Å²) in [5, 5.41) is 12.7. The van der Waals surface area contributed by atoms with Crippen LogP contribution in [0.4, 0.5) is 0 Å². The van der Waals surface area contributed by atoms with Gasteiger partial charge in [-0.3, -0.25) is 4.79 Å². The molecule has 0 saturated heterocycles. The fourth-order valence-corrected chi connectivity index (χ4v) is 2.84. The van der Waals surface area contributed by atoms with Gasteiger partial charge in [-0.2, -0.15) is 0 Å². The van der Waals surface area contributed by atoms with Crippen LogP contribution in [0.15, 0.2) is 0 Å². The Labute approximate surface area is 131 Å². The Morgan fingerprint density at radius 1 is 1.14 bits per heavy atom. The first-order chi connectivity index (χ1) is 9.93. The third-order valence-corrected chi connectivity index (χ3v) is 4.36. The summed E-state index contributed by atoms with van der Waals surface area (Å²) in [7, 11) is 0. The van der Waals surface area contributed by atoms with Gasteiger partial charge in [-0.15, -0.1) is 0 Å². The Kier molecular flexibility index (Phi) is 10.7. The zero-order valence-electron chi connectivity index (χ0n) is 14.7. The number of hydrogen-bond donors (Lipinski definition) is 2. The second kappa shape index (κ2) is 11.0. The molecule has 0 saturated carbocycles. The van der Waals surface area contributed by atoms with E-state index in [1.807, 2.05) is 13.8 Å². The van der Waals surface area contributed by atoms with Crippen molar-refractivity contribution in [1.29, 1.82) is 0 Å². The molecule has 126 valence electrons. The van der Waals surface area contributed by atoms with Crippen LogP contribution < -0.4 is 5.32 Å². The Hall–Kier alpha value is -0.610. The number of carbonyl (C=O) groups is 1. The molecule has 1 atom stereocenters. The van der Waals surface area contributed by atoms with Crippen LogP contribution in [-0.4, -0.2) is 47.2 Å². The SMILES string of the molecule is CCCCCN(CCCC(CC)(NCC)C(=O)O)C(C)C. The van der Waals surface area contributed by atoms with Gasteiger partial charge in [-0.1, -0.05) is 33.6 Å². The van der Waals surface area contributed by atoms with E-state index < -0.39 is 11.5 Å². The summed E-state index contributed by atoms with van der Waals surface area (Å²) in [4.78, 5) is 14.1. The number of nitrogens with zero attached hydrogens (tertiary/aromatic N) is 1. The number of carboxylic acids is 1. The van der Waals surface area contributed by atoms with E-state index in [0.29, 0.717) is 25.4 Å². The molecule has 4 nitrogen and oxygen atoms in total. The molecular weight excluding hydrogens is 264 g/mol. The molecule has 0 aliphatic carbocycles. The zero-order chi connectivity index (χ0) is 16.3. The molecule has 0 amide bonds. The number of hydrogen-bond acceptors (Lipinski definition) is 3. The molecule has 0 fully saturated rings. The number of unbranched alkanes of at least 4 members (excludes halogenated alkanes) is 2. The number of carboxylic acid groups (broad SMARTS) is 1. The minimum atomic E-state index is -0.749. The Bertz CT molecular complexity index is 282. The first-order valence-electron chi connectivity index (χ1n) is 8.66. The highest BCUT2D eigenvalue weighted by Crippen LogP contribution is 2.19. The monoisotopic (exact) mass is 300 g/mol. The van der Waals surface area contributed by atoms with Gasteiger partial charge in [-0.05, 0) is 59.2 Å². The fourth-order valence-electron chi connectivity index (χ4n) is 2.84. The van der Waals surface area contributed by atoms with Crippen molar-refractivity contribution in [3.63, 3.8) is 0 Å². The van der Waals surface area contributed by atoms with Crippen molar-refractivity contribution in [3.8, 4) is 0 Å². The highest BCUT2D eigenvalue weighted by Gasteiger charge is 2.35. The van der Waals surface area contributed by atoms with Crippen LogP contribution in [-0.2, 0) is 4.79 Å². The molecule has 0 radical (unpaired) electrons. The molecule has 2 N–H and O–H groups in total. The van der Waals surface area contributed by atoms with Gasteiger partial charge in [0.05, 0.1) is 0 Å². The summed E-state index contributed by atoms with van der Waals surface area (Å²) in [6, 6.07) is 0.529. The van der Waals surface area contributed by atoms with Crippen LogP contribution in [0.3, 0.4) is 0 Å². The van der Waals surface area contributed by atoms with Crippen molar-refractivity contribution in [2.24, 2.45) is 0 Å². The van der Waals surface area contributed by atoms with E-state index in [1.165, 1.54) is 19.3 Å². The number of nitrogens with one attached hydrogen (secondary N) is 1. The molecule has 0 heterocycles. The highest BCUT2D eigenvalue weighted by atomic mass is 16.4. The van der Waals surface area contributed by atoms with E-state index in [1.54, 1.807) is 0 Å². The molecule has 0 aromatic rings. The predicted molar refractivity (Wildman–Crippen MR) is 89.8 cm³/mol. The summed E-state index contributed by atoms with van der Waals surface area (Å²) in [5.41, 5.74) is -0.749. The maximum Gasteiger partial charge on any atom is 0.323 e. The summed E-state index contributed by atoms with van der Waals surface area (Å²) in [6.07, 6.45) is 6.01. The third kappa shape index (κ3) is 7.28. The van der Waals surface area contributed by atoms with Crippen LogP contribution in [0, 0.1) is 0 Å². The molecule has 21 heavy (non-hydrogen) atoms. The molecule has 0 aromatic heterocycles. The van der Waals surface area contributed by atoms with Crippen molar-refractivity contribution in [2.45, 2.75) is 84.7 Å². The highest BCUT2D eigenvalue weighted by molar-refractivity contribution is 5.78.